The van der Waals surface area contributed by atoms with Gasteiger partial charge in [-0.25, -0.2) is 4.58 Å². The molecule has 0 aromatic heterocycles. The van der Waals surface area contributed by atoms with Crippen molar-refractivity contribution in [2.24, 2.45) is 5.41 Å². The molecule has 1 atom stereocenters. The van der Waals surface area contributed by atoms with E-state index in [1.807, 2.05) is 0 Å². The third kappa shape index (κ3) is 2.90. The zero-order valence-electron chi connectivity index (χ0n) is 10.4. The van der Waals surface area contributed by atoms with E-state index >= 15 is 0 Å². The molecular formula is C13H23Br2N. The van der Waals surface area contributed by atoms with Gasteiger partial charge in [0.05, 0.1) is 10.7 Å². The van der Waals surface area contributed by atoms with Gasteiger partial charge in [0.15, 0.2) is 6.04 Å². The number of rotatable bonds is 2. The summed E-state index contributed by atoms with van der Waals surface area (Å²) in [6.45, 7) is 4.63. The number of nitrogens with zero attached hydrogens (tertiary/aromatic N) is 1. The second kappa shape index (κ2) is 5.99. The standard InChI is InChI=1S/C13H23BrN.BrH/c1-11(2)15-10-13(8-12(15)9-14)6-4-3-5-7-13;/h10-12H,3-9H2,1-2H3;1H/q+1;/p-1. The number of alkyl halides is 1. The van der Waals surface area contributed by atoms with Gasteiger partial charge in [0.25, 0.3) is 0 Å². The summed E-state index contributed by atoms with van der Waals surface area (Å²) in [7, 11) is 0. The van der Waals surface area contributed by atoms with Crippen LogP contribution in [0.25, 0.3) is 0 Å². The minimum absolute atomic E-state index is 0. The molecule has 1 saturated carbocycles. The van der Waals surface area contributed by atoms with Crippen LogP contribution in [0.3, 0.4) is 0 Å². The summed E-state index contributed by atoms with van der Waals surface area (Å²) >= 11 is 3.67. The fraction of sp³-hybridized carbons (Fsp3) is 0.923. The van der Waals surface area contributed by atoms with Gasteiger partial charge in [-0.1, -0.05) is 35.2 Å². The molecule has 0 N–H and O–H groups in total. The first kappa shape index (κ1) is 14.7. The smallest absolute Gasteiger partial charge is 0.163 e. The second-order valence-electron chi connectivity index (χ2n) is 5.61. The SMILES string of the molecule is CC(C)[N+]1=CC2(CCCCC2)CC1CBr.[Br-]. The third-order valence-corrected chi connectivity index (χ3v) is 4.86. The van der Waals surface area contributed by atoms with Gasteiger partial charge in [-0.15, -0.1) is 0 Å². The topological polar surface area (TPSA) is 3.01 Å². The molecule has 0 amide bonds. The molecule has 3 heteroatoms. The minimum atomic E-state index is 0. The van der Waals surface area contributed by atoms with E-state index < -0.39 is 0 Å². The molecular weight excluding hydrogens is 330 g/mol. The number of hydrogen-bond acceptors (Lipinski definition) is 0. The molecule has 1 aliphatic carbocycles. The Kier molecular flexibility index (Phi) is 5.50. The van der Waals surface area contributed by atoms with E-state index in [9.17, 15) is 0 Å². The molecule has 0 saturated heterocycles. The van der Waals surface area contributed by atoms with Gasteiger partial charge in [-0.3, -0.25) is 0 Å². The number of halogens is 2. The van der Waals surface area contributed by atoms with Crippen LogP contribution in [0.5, 0.6) is 0 Å². The summed E-state index contributed by atoms with van der Waals surface area (Å²) in [6.07, 6.45) is 11.2. The predicted octanol–water partition coefficient (Wildman–Crippen LogP) is 0.600. The minimum Gasteiger partial charge on any atom is -1.00 e. The highest BCUT2D eigenvalue weighted by atomic mass is 79.9. The van der Waals surface area contributed by atoms with Crippen LogP contribution in [0.1, 0.15) is 52.4 Å². The molecule has 1 spiro atoms. The molecule has 1 unspecified atom stereocenters. The van der Waals surface area contributed by atoms with Crippen molar-refractivity contribution in [3.05, 3.63) is 0 Å². The molecule has 1 fully saturated rings. The van der Waals surface area contributed by atoms with Gasteiger partial charge in [-0.2, -0.15) is 0 Å². The Morgan fingerprint density at radius 2 is 1.94 bits per heavy atom. The lowest BCUT2D eigenvalue weighted by molar-refractivity contribution is -0.578. The number of hydrogen-bond donors (Lipinski definition) is 0. The van der Waals surface area contributed by atoms with Crippen molar-refractivity contribution in [2.75, 3.05) is 5.33 Å². The molecule has 0 aromatic rings. The molecule has 1 nitrogen and oxygen atoms in total. The van der Waals surface area contributed by atoms with Crippen LogP contribution in [0.15, 0.2) is 0 Å². The summed E-state index contributed by atoms with van der Waals surface area (Å²) in [5.41, 5.74) is 0.570. The van der Waals surface area contributed by atoms with Gasteiger partial charge in [-0.05, 0) is 26.7 Å². The first-order chi connectivity index (χ1) is 7.17. The van der Waals surface area contributed by atoms with Crippen LogP contribution >= 0.6 is 15.9 Å². The van der Waals surface area contributed by atoms with E-state index in [2.05, 4.69) is 40.6 Å². The van der Waals surface area contributed by atoms with Gasteiger partial charge >= 0.3 is 0 Å². The van der Waals surface area contributed by atoms with Crippen molar-refractivity contribution in [3.63, 3.8) is 0 Å². The normalized spacial score (nSPS) is 28.0. The first-order valence-corrected chi connectivity index (χ1v) is 7.48. The molecule has 1 heterocycles. The monoisotopic (exact) mass is 351 g/mol. The largest absolute Gasteiger partial charge is 1.00 e. The van der Waals surface area contributed by atoms with Crippen LogP contribution in [-0.2, 0) is 0 Å². The lowest BCUT2D eigenvalue weighted by Gasteiger charge is -2.27. The van der Waals surface area contributed by atoms with Gasteiger partial charge in [0, 0.05) is 6.42 Å². The van der Waals surface area contributed by atoms with Crippen LogP contribution in [-0.4, -0.2) is 28.2 Å². The fourth-order valence-corrected chi connectivity index (χ4v) is 3.91. The quantitative estimate of drug-likeness (QED) is 0.505. The Morgan fingerprint density at radius 1 is 1.31 bits per heavy atom. The zero-order valence-corrected chi connectivity index (χ0v) is 13.6. The Bertz CT molecular complexity index is 255. The summed E-state index contributed by atoms with van der Waals surface area (Å²) < 4.78 is 2.60. The van der Waals surface area contributed by atoms with Crippen molar-refractivity contribution >= 4 is 22.1 Å². The van der Waals surface area contributed by atoms with E-state index in [1.165, 1.54) is 38.5 Å². The van der Waals surface area contributed by atoms with E-state index in [0.29, 0.717) is 11.5 Å². The molecule has 1 aliphatic heterocycles. The summed E-state index contributed by atoms with van der Waals surface area (Å²) in [5.74, 6) is 0. The zero-order chi connectivity index (χ0) is 10.9. The fourth-order valence-electron chi connectivity index (χ4n) is 3.34. The van der Waals surface area contributed by atoms with Crippen molar-refractivity contribution in [1.82, 2.24) is 0 Å². The van der Waals surface area contributed by atoms with Gasteiger partial charge in [0.2, 0.25) is 0 Å². The molecule has 2 aliphatic rings. The van der Waals surface area contributed by atoms with E-state index in [0.717, 1.165) is 11.4 Å². The van der Waals surface area contributed by atoms with Crippen LogP contribution < -0.4 is 17.0 Å². The average molecular weight is 353 g/mol. The Morgan fingerprint density at radius 3 is 2.38 bits per heavy atom. The summed E-state index contributed by atoms with van der Waals surface area (Å²) in [5, 5.41) is 1.13. The maximum absolute atomic E-state index is 3.67. The van der Waals surface area contributed by atoms with Crippen LogP contribution in [0.4, 0.5) is 0 Å². The Hall–Kier alpha value is 0.630. The highest BCUT2D eigenvalue weighted by Gasteiger charge is 2.45. The summed E-state index contributed by atoms with van der Waals surface area (Å²) in [4.78, 5) is 0. The highest BCUT2D eigenvalue weighted by Crippen LogP contribution is 2.42. The molecule has 0 bridgehead atoms. The van der Waals surface area contributed by atoms with Crippen LogP contribution in [0.2, 0.25) is 0 Å². The van der Waals surface area contributed by atoms with Crippen molar-refractivity contribution in [1.29, 1.82) is 0 Å². The predicted molar refractivity (Wildman–Crippen MR) is 69.2 cm³/mol. The van der Waals surface area contributed by atoms with E-state index in [-0.39, 0.29) is 17.0 Å². The van der Waals surface area contributed by atoms with Crippen molar-refractivity contribution in [3.8, 4) is 0 Å². The first-order valence-electron chi connectivity index (χ1n) is 6.36. The van der Waals surface area contributed by atoms with Gasteiger partial charge < -0.3 is 17.0 Å². The maximum Gasteiger partial charge on any atom is 0.163 e. The van der Waals surface area contributed by atoms with Crippen molar-refractivity contribution < 1.29 is 21.6 Å². The third-order valence-electron chi connectivity index (χ3n) is 4.11. The van der Waals surface area contributed by atoms with Crippen LogP contribution in [0, 0.1) is 5.41 Å². The summed E-state index contributed by atoms with van der Waals surface area (Å²) in [6, 6.07) is 1.40. The van der Waals surface area contributed by atoms with E-state index in [4.69, 9.17) is 0 Å². The molecule has 2 rings (SSSR count). The molecule has 0 aromatic carbocycles. The Balaban J connectivity index is 0.00000128. The van der Waals surface area contributed by atoms with E-state index in [1.54, 1.807) is 0 Å². The lowest BCUT2D eigenvalue weighted by Crippen LogP contribution is -3.00. The highest BCUT2D eigenvalue weighted by molar-refractivity contribution is 9.09. The molecule has 94 valence electrons. The van der Waals surface area contributed by atoms with Crippen molar-refractivity contribution in [2.45, 2.75) is 64.5 Å². The lowest BCUT2D eigenvalue weighted by atomic mass is 9.73. The molecule has 0 radical (unpaired) electrons. The average Bonchev–Trinajstić information content (AvgIpc) is 2.58. The Labute approximate surface area is 119 Å². The second-order valence-corrected chi connectivity index (χ2v) is 6.25. The maximum atomic E-state index is 3.67. The molecule has 16 heavy (non-hydrogen) atoms. The van der Waals surface area contributed by atoms with Gasteiger partial charge in [0.1, 0.15) is 12.3 Å².